The third-order valence-electron chi connectivity index (χ3n) is 4.77. The number of carbonyl (C=O) groups excluding carboxylic acids is 2. The first-order chi connectivity index (χ1) is 12.3. The van der Waals surface area contributed by atoms with Crippen LogP contribution >= 0.6 is 0 Å². The van der Waals surface area contributed by atoms with Crippen molar-refractivity contribution in [2.75, 3.05) is 25.0 Å². The van der Waals surface area contributed by atoms with Crippen LogP contribution in [0.2, 0.25) is 0 Å². The number of hydrogen-bond donors (Lipinski definition) is 1. The highest BCUT2D eigenvalue weighted by atomic mass is 19.4. The minimum Gasteiger partial charge on any atom is -0.368 e. The molecule has 2 aliphatic heterocycles. The van der Waals surface area contributed by atoms with Gasteiger partial charge in [-0.2, -0.15) is 13.2 Å². The summed E-state index contributed by atoms with van der Waals surface area (Å²) >= 11 is 0. The van der Waals surface area contributed by atoms with Crippen LogP contribution in [0, 0.1) is 5.92 Å². The number of piperidine rings is 1. The number of benzene rings is 1. The fourth-order valence-electron chi connectivity index (χ4n) is 3.35. The summed E-state index contributed by atoms with van der Waals surface area (Å²) in [5.41, 5.74) is 0.693. The number of anilines is 1. The van der Waals surface area contributed by atoms with E-state index in [1.54, 1.807) is 18.2 Å². The molecule has 0 saturated carbocycles. The van der Waals surface area contributed by atoms with E-state index in [0.717, 1.165) is 6.42 Å². The minimum absolute atomic E-state index is 0.0464. The van der Waals surface area contributed by atoms with Crippen molar-refractivity contribution in [2.45, 2.75) is 38.0 Å². The Morgan fingerprint density at radius 1 is 1.19 bits per heavy atom. The summed E-state index contributed by atoms with van der Waals surface area (Å²) in [5.74, 6) is -2.21. The van der Waals surface area contributed by atoms with Crippen LogP contribution in [0.5, 0.6) is 0 Å². The SMILES string of the molecule is O=C(Nc1cccc(C(=O)N2CCCC(C(F)(F)F)C2)c1)C1CCCO1. The van der Waals surface area contributed by atoms with Crippen molar-refractivity contribution in [3.63, 3.8) is 0 Å². The Morgan fingerprint density at radius 3 is 2.69 bits per heavy atom. The third kappa shape index (κ3) is 4.35. The van der Waals surface area contributed by atoms with Gasteiger partial charge >= 0.3 is 6.18 Å². The van der Waals surface area contributed by atoms with Crippen LogP contribution in [0.25, 0.3) is 0 Å². The summed E-state index contributed by atoms with van der Waals surface area (Å²) in [5, 5.41) is 2.70. The van der Waals surface area contributed by atoms with Gasteiger partial charge in [-0.15, -0.1) is 0 Å². The van der Waals surface area contributed by atoms with Gasteiger partial charge in [-0.25, -0.2) is 0 Å². The molecule has 0 bridgehead atoms. The summed E-state index contributed by atoms with van der Waals surface area (Å²) in [6.45, 7) is 0.526. The third-order valence-corrected chi connectivity index (χ3v) is 4.77. The highest BCUT2D eigenvalue weighted by molar-refractivity contribution is 5.98. The second kappa shape index (κ2) is 7.65. The Labute approximate surface area is 149 Å². The van der Waals surface area contributed by atoms with Crippen LogP contribution in [0.15, 0.2) is 24.3 Å². The van der Waals surface area contributed by atoms with E-state index in [1.165, 1.54) is 11.0 Å². The number of carbonyl (C=O) groups is 2. The molecule has 0 aliphatic carbocycles. The van der Waals surface area contributed by atoms with E-state index < -0.39 is 24.1 Å². The molecule has 0 radical (unpaired) electrons. The molecule has 2 amide bonds. The van der Waals surface area contributed by atoms with Gasteiger partial charge in [0.15, 0.2) is 0 Å². The van der Waals surface area contributed by atoms with Crippen LogP contribution in [0.1, 0.15) is 36.0 Å². The summed E-state index contributed by atoms with van der Waals surface area (Å²) in [6, 6.07) is 6.27. The maximum atomic E-state index is 12.9. The smallest absolute Gasteiger partial charge is 0.368 e. The molecular formula is C18H21F3N2O3. The van der Waals surface area contributed by atoms with Crippen LogP contribution < -0.4 is 5.32 Å². The molecule has 8 heteroatoms. The highest BCUT2D eigenvalue weighted by Crippen LogP contribution is 2.33. The van der Waals surface area contributed by atoms with Crippen LogP contribution in [-0.4, -0.2) is 48.7 Å². The first-order valence-corrected chi connectivity index (χ1v) is 8.73. The van der Waals surface area contributed by atoms with Gasteiger partial charge in [0.25, 0.3) is 11.8 Å². The predicted molar refractivity (Wildman–Crippen MR) is 88.7 cm³/mol. The Kier molecular flexibility index (Phi) is 5.50. The fourth-order valence-corrected chi connectivity index (χ4v) is 3.35. The molecule has 1 N–H and O–H groups in total. The molecule has 142 valence electrons. The van der Waals surface area contributed by atoms with E-state index in [4.69, 9.17) is 4.74 Å². The maximum Gasteiger partial charge on any atom is 0.393 e. The monoisotopic (exact) mass is 370 g/mol. The Balaban J connectivity index is 1.67. The number of rotatable bonds is 3. The summed E-state index contributed by atoms with van der Waals surface area (Å²) < 4.78 is 44.1. The zero-order valence-electron chi connectivity index (χ0n) is 14.2. The molecule has 2 atom stereocenters. The first-order valence-electron chi connectivity index (χ1n) is 8.73. The summed E-state index contributed by atoms with van der Waals surface area (Å²) in [7, 11) is 0. The molecule has 1 aromatic carbocycles. The fraction of sp³-hybridized carbons (Fsp3) is 0.556. The van der Waals surface area contributed by atoms with Gasteiger partial charge in [0.2, 0.25) is 0 Å². The zero-order chi connectivity index (χ0) is 18.7. The average molecular weight is 370 g/mol. The standard InChI is InChI=1S/C18H21F3N2O3/c19-18(20,21)13-5-2-8-23(11-13)17(25)12-4-1-6-14(10-12)22-16(24)15-7-3-9-26-15/h1,4,6,10,13,15H,2-3,5,7-9,11H2,(H,22,24). The van der Waals surface area contributed by atoms with Gasteiger partial charge < -0.3 is 15.0 Å². The largest absolute Gasteiger partial charge is 0.393 e. The quantitative estimate of drug-likeness (QED) is 0.889. The molecule has 26 heavy (non-hydrogen) atoms. The number of ether oxygens (including phenoxy) is 1. The van der Waals surface area contributed by atoms with Crippen molar-refractivity contribution < 1.29 is 27.5 Å². The molecule has 5 nitrogen and oxygen atoms in total. The number of nitrogens with zero attached hydrogens (tertiary/aromatic N) is 1. The lowest BCUT2D eigenvalue weighted by Crippen LogP contribution is -2.44. The molecule has 0 spiro atoms. The molecule has 0 aromatic heterocycles. The first kappa shape index (κ1) is 18.7. The summed E-state index contributed by atoms with van der Waals surface area (Å²) in [6.07, 6.45) is -2.95. The van der Waals surface area contributed by atoms with E-state index >= 15 is 0 Å². The second-order valence-corrected chi connectivity index (χ2v) is 6.70. The molecule has 2 saturated heterocycles. The van der Waals surface area contributed by atoms with Gasteiger partial charge in [-0.3, -0.25) is 9.59 Å². The van der Waals surface area contributed by atoms with E-state index in [2.05, 4.69) is 5.32 Å². The van der Waals surface area contributed by atoms with Crippen molar-refractivity contribution in [2.24, 2.45) is 5.92 Å². The molecule has 3 rings (SSSR count). The second-order valence-electron chi connectivity index (χ2n) is 6.70. The minimum atomic E-state index is -4.30. The Hall–Kier alpha value is -2.09. The predicted octanol–water partition coefficient (Wildman–Crippen LogP) is 3.22. The Morgan fingerprint density at radius 2 is 2.00 bits per heavy atom. The van der Waals surface area contributed by atoms with Gasteiger partial charge in [-0.1, -0.05) is 6.07 Å². The number of likely N-dealkylation sites (tertiary alicyclic amines) is 1. The number of hydrogen-bond acceptors (Lipinski definition) is 3. The topological polar surface area (TPSA) is 58.6 Å². The zero-order valence-corrected chi connectivity index (χ0v) is 14.2. The van der Waals surface area contributed by atoms with Crippen LogP contribution in [0.4, 0.5) is 18.9 Å². The lowest BCUT2D eigenvalue weighted by Gasteiger charge is -2.33. The molecule has 2 aliphatic rings. The Bertz CT molecular complexity index is 672. The molecule has 2 fully saturated rings. The molecule has 2 unspecified atom stereocenters. The van der Waals surface area contributed by atoms with Gasteiger partial charge in [0.1, 0.15) is 6.10 Å². The highest BCUT2D eigenvalue weighted by Gasteiger charge is 2.42. The van der Waals surface area contributed by atoms with Crippen molar-refractivity contribution in [1.29, 1.82) is 0 Å². The van der Waals surface area contributed by atoms with Gasteiger partial charge in [0.05, 0.1) is 5.92 Å². The molecule has 2 heterocycles. The lowest BCUT2D eigenvalue weighted by molar-refractivity contribution is -0.184. The number of halogens is 3. The van der Waals surface area contributed by atoms with Gasteiger partial charge in [0, 0.05) is 30.9 Å². The van der Waals surface area contributed by atoms with Crippen LogP contribution in [-0.2, 0) is 9.53 Å². The molecule has 1 aromatic rings. The van der Waals surface area contributed by atoms with E-state index in [-0.39, 0.29) is 24.4 Å². The van der Waals surface area contributed by atoms with E-state index in [0.29, 0.717) is 31.7 Å². The van der Waals surface area contributed by atoms with Crippen molar-refractivity contribution >= 4 is 17.5 Å². The normalized spacial score (nSPS) is 23.7. The number of amides is 2. The van der Waals surface area contributed by atoms with Crippen molar-refractivity contribution in [3.05, 3.63) is 29.8 Å². The van der Waals surface area contributed by atoms with E-state index in [9.17, 15) is 22.8 Å². The lowest BCUT2D eigenvalue weighted by atomic mass is 9.97. The van der Waals surface area contributed by atoms with Crippen molar-refractivity contribution in [1.82, 2.24) is 4.90 Å². The van der Waals surface area contributed by atoms with Gasteiger partial charge in [-0.05, 0) is 43.9 Å². The van der Waals surface area contributed by atoms with Crippen molar-refractivity contribution in [3.8, 4) is 0 Å². The van der Waals surface area contributed by atoms with Crippen LogP contribution in [0.3, 0.4) is 0 Å². The summed E-state index contributed by atoms with van der Waals surface area (Å²) in [4.78, 5) is 25.9. The number of alkyl halides is 3. The number of nitrogens with one attached hydrogen (secondary N) is 1. The maximum absolute atomic E-state index is 12.9. The average Bonchev–Trinajstić information content (AvgIpc) is 3.15. The van der Waals surface area contributed by atoms with E-state index in [1.807, 2.05) is 0 Å². The molecular weight excluding hydrogens is 349 g/mol.